The first-order valence-corrected chi connectivity index (χ1v) is 19.2. The van der Waals surface area contributed by atoms with Crippen molar-refractivity contribution in [2.75, 3.05) is 0 Å². The maximum atomic E-state index is 7.19. The molecule has 24 heavy (non-hydrogen) atoms. The lowest BCUT2D eigenvalue weighted by atomic mass is 10.5. The summed E-state index contributed by atoms with van der Waals surface area (Å²) in [5, 5.41) is 0. The number of hydrogen-bond donors (Lipinski definition) is 0. The zero-order valence-corrected chi connectivity index (χ0v) is 21.8. The average molecular weight is 409 g/mol. The third-order valence-corrected chi connectivity index (χ3v) is 24.1. The molecule has 0 amide bonds. The lowest BCUT2D eigenvalue weighted by Gasteiger charge is -2.54. The van der Waals surface area contributed by atoms with Crippen LogP contribution in [0.2, 0.25) is 48.9 Å². The summed E-state index contributed by atoms with van der Waals surface area (Å²) in [6, 6.07) is 1.02. The second kappa shape index (κ2) is 7.75. The molecule has 4 nitrogen and oxygen atoms in total. The van der Waals surface area contributed by atoms with E-state index in [-0.39, 0.29) is 0 Å². The highest BCUT2D eigenvalue weighted by molar-refractivity contribution is 6.94. The maximum Gasteiger partial charge on any atom is 0.325 e. The Hall–Kier alpha value is 0.708. The van der Waals surface area contributed by atoms with Gasteiger partial charge in [0.25, 0.3) is 0 Å². The van der Waals surface area contributed by atoms with Gasteiger partial charge in [-0.3, -0.25) is 0 Å². The van der Waals surface area contributed by atoms with E-state index in [0.717, 1.165) is 12.5 Å². The van der Waals surface area contributed by atoms with Gasteiger partial charge in [-0.05, 0) is 48.9 Å². The first-order chi connectivity index (χ1) is 10.7. The molecular formula is C16H40O4Si4. The van der Waals surface area contributed by atoms with Gasteiger partial charge in [-0.2, -0.15) is 0 Å². The fraction of sp³-hybridized carbons (Fsp3) is 1.00. The van der Waals surface area contributed by atoms with Crippen LogP contribution in [0, 0.1) is 0 Å². The molecule has 144 valence electrons. The van der Waals surface area contributed by atoms with E-state index in [2.05, 4.69) is 74.7 Å². The third kappa shape index (κ3) is 4.90. The third-order valence-electron chi connectivity index (χ3n) is 4.74. The van der Waals surface area contributed by atoms with Crippen molar-refractivity contribution in [1.82, 2.24) is 0 Å². The highest BCUT2D eigenvalue weighted by atomic mass is 28.5. The van der Waals surface area contributed by atoms with Crippen LogP contribution in [0.5, 0.6) is 0 Å². The molecule has 1 rings (SSSR count). The maximum absolute atomic E-state index is 7.19. The Kier molecular flexibility index (Phi) is 7.35. The van der Waals surface area contributed by atoms with Gasteiger partial charge in [-0.15, -0.1) is 0 Å². The molecule has 1 unspecified atom stereocenters. The SMILES string of the molecule is CCC[Si]1(C(C)C)O[Si](C)(C)O[Si](C)(C)O[Si](C(C)C)(C(C)C)O1. The highest BCUT2D eigenvalue weighted by Crippen LogP contribution is 2.46. The molecule has 1 aliphatic heterocycles. The van der Waals surface area contributed by atoms with Crippen LogP contribution >= 0.6 is 0 Å². The second-order valence-corrected chi connectivity index (χ2v) is 24.9. The molecule has 8 heteroatoms. The van der Waals surface area contributed by atoms with Crippen LogP contribution in [0.25, 0.3) is 0 Å². The molecule has 0 aromatic rings. The van der Waals surface area contributed by atoms with Crippen molar-refractivity contribution in [3.8, 4) is 0 Å². The van der Waals surface area contributed by atoms with Gasteiger partial charge < -0.3 is 16.5 Å². The molecule has 1 aliphatic rings. The van der Waals surface area contributed by atoms with Crippen LogP contribution in [0.3, 0.4) is 0 Å². The van der Waals surface area contributed by atoms with E-state index >= 15 is 0 Å². The molecule has 1 heterocycles. The monoisotopic (exact) mass is 408 g/mol. The summed E-state index contributed by atoms with van der Waals surface area (Å²) >= 11 is 0. The van der Waals surface area contributed by atoms with Crippen LogP contribution in [0.15, 0.2) is 0 Å². The summed E-state index contributed by atoms with van der Waals surface area (Å²) in [5.74, 6) is 0. The molecule has 0 aliphatic carbocycles. The number of hydrogen-bond acceptors (Lipinski definition) is 4. The summed E-state index contributed by atoms with van der Waals surface area (Å²) in [6.07, 6.45) is 1.08. The molecule has 0 spiro atoms. The minimum atomic E-state index is -2.46. The normalized spacial score (nSPS) is 29.8. The lowest BCUT2D eigenvalue weighted by molar-refractivity contribution is 0.207. The molecule has 0 aromatic carbocycles. The van der Waals surface area contributed by atoms with Crippen LogP contribution in [0.4, 0.5) is 0 Å². The topological polar surface area (TPSA) is 36.9 Å². The van der Waals surface area contributed by atoms with Crippen LogP contribution in [-0.2, 0) is 16.5 Å². The molecule has 0 radical (unpaired) electrons. The molecule has 0 N–H and O–H groups in total. The lowest BCUT2D eigenvalue weighted by Crippen LogP contribution is -2.70. The first kappa shape index (κ1) is 22.7. The summed E-state index contributed by atoms with van der Waals surface area (Å²) in [7, 11) is -9.44. The van der Waals surface area contributed by atoms with Crippen molar-refractivity contribution in [3.63, 3.8) is 0 Å². The van der Waals surface area contributed by atoms with Gasteiger partial charge in [0.05, 0.1) is 0 Å². The van der Waals surface area contributed by atoms with Gasteiger partial charge in [0.2, 0.25) is 0 Å². The van der Waals surface area contributed by atoms with Crippen molar-refractivity contribution in [1.29, 1.82) is 0 Å². The molecule has 0 aromatic heterocycles. The molecule has 1 saturated heterocycles. The predicted octanol–water partition coefficient (Wildman–Crippen LogP) is 5.99. The van der Waals surface area contributed by atoms with E-state index in [0.29, 0.717) is 16.6 Å². The van der Waals surface area contributed by atoms with E-state index in [9.17, 15) is 0 Å². The molecule has 1 fully saturated rings. The van der Waals surface area contributed by atoms with Crippen molar-refractivity contribution >= 4 is 34.2 Å². The molecule has 1 atom stereocenters. The Balaban J connectivity index is 3.51. The smallest absolute Gasteiger partial charge is 0.325 e. The predicted molar refractivity (Wildman–Crippen MR) is 111 cm³/mol. The van der Waals surface area contributed by atoms with E-state index in [4.69, 9.17) is 16.5 Å². The Morgan fingerprint density at radius 1 is 0.625 bits per heavy atom. The van der Waals surface area contributed by atoms with E-state index in [1.807, 2.05) is 0 Å². The number of rotatable bonds is 5. The van der Waals surface area contributed by atoms with Crippen LogP contribution < -0.4 is 0 Å². The zero-order valence-electron chi connectivity index (χ0n) is 17.8. The largest absolute Gasteiger partial charge is 0.416 e. The van der Waals surface area contributed by atoms with Crippen molar-refractivity contribution in [3.05, 3.63) is 0 Å². The first-order valence-electron chi connectivity index (χ1n) is 9.52. The van der Waals surface area contributed by atoms with Gasteiger partial charge in [0, 0.05) is 0 Å². The van der Waals surface area contributed by atoms with Crippen LogP contribution in [0.1, 0.15) is 54.9 Å². The summed E-state index contributed by atoms with van der Waals surface area (Å²) in [6.45, 7) is 24.4. The van der Waals surface area contributed by atoms with Crippen molar-refractivity contribution < 1.29 is 16.5 Å². The van der Waals surface area contributed by atoms with Gasteiger partial charge >= 0.3 is 34.2 Å². The van der Waals surface area contributed by atoms with Crippen molar-refractivity contribution in [2.45, 2.75) is 104 Å². The quantitative estimate of drug-likeness (QED) is 0.523. The van der Waals surface area contributed by atoms with E-state index in [1.54, 1.807) is 0 Å². The summed E-state index contributed by atoms with van der Waals surface area (Å²) in [4.78, 5) is 0. The Bertz CT molecular complexity index is 418. The fourth-order valence-electron chi connectivity index (χ4n) is 3.86. The average Bonchev–Trinajstić information content (AvgIpc) is 2.33. The highest BCUT2D eigenvalue weighted by Gasteiger charge is 2.60. The fourth-order valence-corrected chi connectivity index (χ4v) is 28.4. The minimum absolute atomic E-state index is 0.377. The second-order valence-electron chi connectivity index (χ2n) is 8.96. The molecular weight excluding hydrogens is 369 g/mol. The van der Waals surface area contributed by atoms with E-state index in [1.165, 1.54) is 0 Å². The Labute approximate surface area is 154 Å². The van der Waals surface area contributed by atoms with Gasteiger partial charge in [-0.25, -0.2) is 0 Å². The summed E-state index contributed by atoms with van der Waals surface area (Å²) in [5.41, 5.74) is 1.15. The van der Waals surface area contributed by atoms with Gasteiger partial charge in [0.15, 0.2) is 0 Å². The molecule has 0 bridgehead atoms. The minimum Gasteiger partial charge on any atom is -0.416 e. The Morgan fingerprint density at radius 3 is 1.46 bits per heavy atom. The summed E-state index contributed by atoms with van der Waals surface area (Å²) < 4.78 is 27.6. The van der Waals surface area contributed by atoms with Gasteiger partial charge in [-0.1, -0.05) is 54.9 Å². The Morgan fingerprint density at radius 2 is 1.08 bits per heavy atom. The van der Waals surface area contributed by atoms with Crippen molar-refractivity contribution in [2.24, 2.45) is 0 Å². The zero-order chi connectivity index (χ0) is 19.0. The molecule has 0 saturated carbocycles. The standard InChI is InChI=1S/C16H40O4Si4/c1-12-13-23(14(2)3)18-21(8,9)17-22(10,11)19-24(20-23,15(4)5)16(6)7/h14-16H,12-13H2,1-11H3. The van der Waals surface area contributed by atoms with Gasteiger partial charge in [0.1, 0.15) is 0 Å². The van der Waals surface area contributed by atoms with Crippen LogP contribution in [-0.4, -0.2) is 34.2 Å². The van der Waals surface area contributed by atoms with E-state index < -0.39 is 34.2 Å².